The lowest BCUT2D eigenvalue weighted by Gasteiger charge is -2.08. The van der Waals surface area contributed by atoms with Crippen molar-refractivity contribution in [1.29, 1.82) is 0 Å². The van der Waals surface area contributed by atoms with Crippen molar-refractivity contribution in [2.75, 3.05) is 11.5 Å². The normalized spacial score (nSPS) is 12.2. The van der Waals surface area contributed by atoms with Gasteiger partial charge in [-0.15, -0.1) is 0 Å². The zero-order valence-corrected chi connectivity index (χ0v) is 12.0. The number of nitrogens with two attached hydrogens (primary N) is 1. The maximum absolute atomic E-state index is 12.1. The molecule has 2 aromatic rings. The fourth-order valence-electron chi connectivity index (χ4n) is 1.61. The summed E-state index contributed by atoms with van der Waals surface area (Å²) in [6.45, 7) is 0.188. The van der Waals surface area contributed by atoms with Crippen LogP contribution in [0.5, 0.6) is 0 Å². The summed E-state index contributed by atoms with van der Waals surface area (Å²) in [5.74, 6) is 0.167. The van der Waals surface area contributed by atoms with Crippen molar-refractivity contribution in [2.45, 2.75) is 12.1 Å². The van der Waals surface area contributed by atoms with Crippen LogP contribution in [0.3, 0.4) is 0 Å². The number of aryl methyl sites for hydroxylation is 1. The first-order valence-electron chi connectivity index (χ1n) is 4.99. The number of benzene rings is 1. The van der Waals surface area contributed by atoms with E-state index in [1.54, 1.807) is 4.57 Å². The number of nitrogen functional groups attached to an aromatic ring is 1. The third-order valence-electron chi connectivity index (χ3n) is 2.32. The second kappa shape index (κ2) is 5.16. The number of imidazole rings is 1. The summed E-state index contributed by atoms with van der Waals surface area (Å²) in [7, 11) is 0. The molecule has 2 rings (SSSR count). The van der Waals surface area contributed by atoms with Gasteiger partial charge in [0.15, 0.2) is 0 Å². The lowest BCUT2D eigenvalue weighted by molar-refractivity contribution is -0.0328. The first-order valence-corrected chi connectivity index (χ1v) is 7.05. The Hall–Kier alpha value is -0.640. The number of anilines is 1. The minimum absolute atomic E-state index is 0.0534. The molecule has 0 atom stereocenters. The summed E-state index contributed by atoms with van der Waals surface area (Å²) in [4.78, 5) is 4.13. The van der Waals surface area contributed by atoms with E-state index in [0.29, 0.717) is 5.52 Å². The molecule has 0 aliphatic heterocycles. The Labute approximate surface area is 119 Å². The molecule has 0 fully saturated rings. The van der Waals surface area contributed by atoms with Crippen LogP contribution in [0.2, 0.25) is 0 Å². The molecule has 0 saturated heterocycles. The van der Waals surface area contributed by atoms with E-state index in [2.05, 4.69) is 27.6 Å². The summed E-state index contributed by atoms with van der Waals surface area (Å²) in [6.07, 6.45) is 0. The minimum Gasteiger partial charge on any atom is -0.369 e. The highest BCUT2D eigenvalue weighted by atomic mass is 127. The van der Waals surface area contributed by atoms with E-state index in [4.69, 9.17) is 5.73 Å². The van der Waals surface area contributed by atoms with Crippen molar-refractivity contribution in [3.63, 3.8) is 0 Å². The average molecular weight is 387 g/mol. The van der Waals surface area contributed by atoms with Gasteiger partial charge in [-0.2, -0.15) is 13.2 Å². The van der Waals surface area contributed by atoms with Crippen molar-refractivity contribution >= 4 is 51.3 Å². The van der Waals surface area contributed by atoms with E-state index < -0.39 is 5.51 Å². The molecule has 98 valence electrons. The standard InChI is InChI=1S/C10H9F3IN3S/c11-10(12,13)18-4-3-17-8-2-1-6(14)5-7(8)16-9(17)15/h1-2,5H,3-4H2,(H2,15,16). The predicted octanol–water partition coefficient (Wildman–Crippen LogP) is 3.48. The number of fused-ring (bicyclic) bond motifs is 1. The van der Waals surface area contributed by atoms with Gasteiger partial charge < -0.3 is 10.3 Å². The molecule has 1 aromatic heterocycles. The van der Waals surface area contributed by atoms with Crippen LogP contribution >= 0.6 is 34.4 Å². The molecular formula is C10H9F3IN3S. The first-order chi connectivity index (χ1) is 8.37. The molecule has 2 N–H and O–H groups in total. The Morgan fingerprint density at radius 3 is 2.78 bits per heavy atom. The number of nitrogens with zero attached hydrogens (tertiary/aromatic N) is 2. The fourth-order valence-corrected chi connectivity index (χ4v) is 2.59. The number of hydrogen-bond donors (Lipinski definition) is 1. The maximum Gasteiger partial charge on any atom is 0.441 e. The van der Waals surface area contributed by atoms with Gasteiger partial charge in [0.05, 0.1) is 11.0 Å². The molecule has 0 saturated carbocycles. The molecule has 1 aromatic carbocycles. The molecule has 0 amide bonds. The van der Waals surface area contributed by atoms with E-state index in [0.717, 1.165) is 9.09 Å². The number of rotatable bonds is 3. The SMILES string of the molecule is Nc1nc2cc(I)ccc2n1CCSC(F)(F)F. The zero-order valence-electron chi connectivity index (χ0n) is 9.04. The van der Waals surface area contributed by atoms with Crippen LogP contribution in [0.1, 0.15) is 0 Å². The smallest absolute Gasteiger partial charge is 0.369 e. The Bertz CT molecular complexity index is 567. The lowest BCUT2D eigenvalue weighted by Crippen LogP contribution is -2.09. The predicted molar refractivity (Wildman–Crippen MR) is 75.4 cm³/mol. The van der Waals surface area contributed by atoms with Gasteiger partial charge in [0.1, 0.15) is 0 Å². The Morgan fingerprint density at radius 2 is 2.11 bits per heavy atom. The second-order valence-electron chi connectivity index (χ2n) is 3.55. The van der Waals surface area contributed by atoms with Gasteiger partial charge in [0.25, 0.3) is 0 Å². The monoisotopic (exact) mass is 387 g/mol. The van der Waals surface area contributed by atoms with Crippen molar-refractivity contribution in [3.05, 3.63) is 21.8 Å². The van der Waals surface area contributed by atoms with Gasteiger partial charge in [0, 0.05) is 15.9 Å². The molecule has 18 heavy (non-hydrogen) atoms. The van der Waals surface area contributed by atoms with E-state index in [-0.39, 0.29) is 30.0 Å². The molecule has 3 nitrogen and oxygen atoms in total. The number of halogens is 4. The van der Waals surface area contributed by atoms with E-state index in [1.807, 2.05) is 18.2 Å². The van der Waals surface area contributed by atoms with Crippen molar-refractivity contribution in [2.24, 2.45) is 0 Å². The van der Waals surface area contributed by atoms with Crippen molar-refractivity contribution in [3.8, 4) is 0 Å². The van der Waals surface area contributed by atoms with Gasteiger partial charge in [0.2, 0.25) is 5.95 Å². The summed E-state index contributed by atoms with van der Waals surface area (Å²) in [6, 6.07) is 5.54. The third-order valence-corrected chi connectivity index (χ3v) is 3.71. The first kappa shape index (κ1) is 13.8. The molecular weight excluding hydrogens is 378 g/mol. The summed E-state index contributed by atoms with van der Waals surface area (Å²) in [5, 5.41) is 0. The molecule has 0 aliphatic carbocycles. The highest BCUT2D eigenvalue weighted by Crippen LogP contribution is 2.30. The van der Waals surface area contributed by atoms with Crippen LogP contribution in [0.15, 0.2) is 18.2 Å². The molecule has 0 spiro atoms. The molecule has 1 heterocycles. The van der Waals surface area contributed by atoms with Crippen LogP contribution in [0.25, 0.3) is 11.0 Å². The van der Waals surface area contributed by atoms with Crippen LogP contribution < -0.4 is 5.73 Å². The highest BCUT2D eigenvalue weighted by molar-refractivity contribution is 14.1. The molecule has 0 unspecified atom stereocenters. The van der Waals surface area contributed by atoms with E-state index >= 15 is 0 Å². The number of aromatic nitrogens is 2. The highest BCUT2D eigenvalue weighted by Gasteiger charge is 2.27. The summed E-state index contributed by atoms with van der Waals surface area (Å²) >= 11 is 2.09. The fraction of sp³-hybridized carbons (Fsp3) is 0.300. The van der Waals surface area contributed by atoms with E-state index in [1.165, 1.54) is 0 Å². The number of thioether (sulfide) groups is 1. The van der Waals surface area contributed by atoms with Gasteiger partial charge in [-0.05, 0) is 52.6 Å². The van der Waals surface area contributed by atoms with Crippen LogP contribution in [0, 0.1) is 3.57 Å². The Morgan fingerprint density at radius 1 is 1.39 bits per heavy atom. The molecule has 0 aliphatic rings. The number of alkyl halides is 3. The molecule has 0 bridgehead atoms. The van der Waals surface area contributed by atoms with Crippen LogP contribution in [-0.4, -0.2) is 20.8 Å². The Balaban J connectivity index is 2.20. The second-order valence-corrected chi connectivity index (χ2v) is 5.95. The van der Waals surface area contributed by atoms with Gasteiger partial charge in [-0.3, -0.25) is 0 Å². The molecule has 8 heteroatoms. The molecule has 0 radical (unpaired) electrons. The van der Waals surface area contributed by atoms with Crippen molar-refractivity contribution < 1.29 is 13.2 Å². The topological polar surface area (TPSA) is 43.8 Å². The largest absolute Gasteiger partial charge is 0.441 e. The third kappa shape index (κ3) is 3.22. The van der Waals surface area contributed by atoms with Gasteiger partial charge >= 0.3 is 5.51 Å². The van der Waals surface area contributed by atoms with Gasteiger partial charge in [-0.1, -0.05) is 0 Å². The van der Waals surface area contributed by atoms with E-state index in [9.17, 15) is 13.2 Å². The minimum atomic E-state index is -4.21. The number of hydrogen-bond acceptors (Lipinski definition) is 3. The van der Waals surface area contributed by atoms with Crippen LogP contribution in [-0.2, 0) is 6.54 Å². The van der Waals surface area contributed by atoms with Gasteiger partial charge in [-0.25, -0.2) is 4.98 Å². The lowest BCUT2D eigenvalue weighted by atomic mass is 10.3. The van der Waals surface area contributed by atoms with Crippen molar-refractivity contribution in [1.82, 2.24) is 9.55 Å². The quantitative estimate of drug-likeness (QED) is 0.821. The average Bonchev–Trinajstić information content (AvgIpc) is 2.52. The zero-order chi connectivity index (χ0) is 13.3. The Kier molecular flexibility index (Phi) is 3.95. The summed E-state index contributed by atoms with van der Waals surface area (Å²) in [5.41, 5.74) is 2.97. The summed E-state index contributed by atoms with van der Waals surface area (Å²) < 4.78 is 38.8. The van der Waals surface area contributed by atoms with Crippen LogP contribution in [0.4, 0.5) is 19.1 Å². The maximum atomic E-state index is 12.1.